The summed E-state index contributed by atoms with van der Waals surface area (Å²) in [5.41, 5.74) is 0.785. The molecule has 1 unspecified atom stereocenters. The quantitative estimate of drug-likeness (QED) is 0.942. The third-order valence-corrected chi connectivity index (χ3v) is 3.09. The Hall–Kier alpha value is -1.85. The summed E-state index contributed by atoms with van der Waals surface area (Å²) in [7, 11) is 2.93. The molecule has 0 bridgehead atoms. The highest BCUT2D eigenvalue weighted by atomic mass is 35.5. The zero-order valence-electron chi connectivity index (χ0n) is 10.9. The maximum Gasteiger partial charge on any atom is 0.179 e. The van der Waals surface area contributed by atoms with Gasteiger partial charge in [0.25, 0.3) is 0 Å². The van der Waals surface area contributed by atoms with Crippen molar-refractivity contribution in [3.8, 4) is 11.5 Å². The molecule has 0 fully saturated rings. The first-order valence-electron chi connectivity index (χ1n) is 5.76. The molecule has 0 aliphatic heterocycles. The van der Waals surface area contributed by atoms with Crippen molar-refractivity contribution < 1.29 is 19.0 Å². The van der Waals surface area contributed by atoms with E-state index in [1.54, 1.807) is 12.1 Å². The van der Waals surface area contributed by atoms with Crippen molar-refractivity contribution >= 4 is 11.6 Å². The lowest BCUT2D eigenvalue weighted by molar-refractivity contribution is 0.218. The highest BCUT2D eigenvalue weighted by Crippen LogP contribution is 2.38. The Bertz CT molecular complexity index is 621. The van der Waals surface area contributed by atoms with Crippen LogP contribution in [0.25, 0.3) is 0 Å². The van der Waals surface area contributed by atoms with Crippen LogP contribution in [0.3, 0.4) is 0 Å². The SMILES string of the molecule is COc1cc(C(O)c2cncc(F)c2)cc(Cl)c1OC. The fraction of sp³-hybridized carbons (Fsp3) is 0.214. The molecule has 1 atom stereocenters. The second kappa shape index (κ2) is 6.07. The third-order valence-electron chi connectivity index (χ3n) is 2.81. The highest BCUT2D eigenvalue weighted by molar-refractivity contribution is 6.32. The van der Waals surface area contributed by atoms with Crippen LogP contribution in [0.2, 0.25) is 5.02 Å². The molecule has 0 aliphatic carbocycles. The Morgan fingerprint density at radius 2 is 1.90 bits per heavy atom. The highest BCUT2D eigenvalue weighted by Gasteiger charge is 2.17. The van der Waals surface area contributed by atoms with Gasteiger partial charge in [-0.15, -0.1) is 0 Å². The van der Waals surface area contributed by atoms with Gasteiger partial charge in [0, 0.05) is 11.8 Å². The van der Waals surface area contributed by atoms with Crippen molar-refractivity contribution in [1.29, 1.82) is 0 Å². The first kappa shape index (κ1) is 14.6. The molecule has 1 N–H and O–H groups in total. The number of aliphatic hydroxyl groups is 1. The van der Waals surface area contributed by atoms with E-state index >= 15 is 0 Å². The number of methoxy groups -OCH3 is 2. The van der Waals surface area contributed by atoms with E-state index in [0.29, 0.717) is 27.6 Å². The predicted molar refractivity (Wildman–Crippen MR) is 72.8 cm³/mol. The maximum absolute atomic E-state index is 13.1. The smallest absolute Gasteiger partial charge is 0.179 e. The van der Waals surface area contributed by atoms with Crippen molar-refractivity contribution in [3.63, 3.8) is 0 Å². The number of hydrogen-bond donors (Lipinski definition) is 1. The molecule has 0 radical (unpaired) electrons. The Labute approximate surface area is 120 Å². The molecule has 1 heterocycles. The van der Waals surface area contributed by atoms with Gasteiger partial charge in [0.15, 0.2) is 11.5 Å². The normalized spacial score (nSPS) is 12.1. The summed E-state index contributed by atoms with van der Waals surface area (Å²) in [6.45, 7) is 0. The number of pyridine rings is 1. The third kappa shape index (κ3) is 2.84. The Balaban J connectivity index is 2.45. The monoisotopic (exact) mass is 297 g/mol. The van der Waals surface area contributed by atoms with Crippen molar-refractivity contribution in [3.05, 3.63) is 52.6 Å². The molecule has 0 spiro atoms. The summed E-state index contributed by atoms with van der Waals surface area (Å²) in [4.78, 5) is 3.71. The lowest BCUT2D eigenvalue weighted by Gasteiger charge is -2.15. The molecule has 0 saturated carbocycles. The number of rotatable bonds is 4. The van der Waals surface area contributed by atoms with Gasteiger partial charge in [-0.25, -0.2) is 4.39 Å². The van der Waals surface area contributed by atoms with Gasteiger partial charge in [-0.3, -0.25) is 4.98 Å². The summed E-state index contributed by atoms with van der Waals surface area (Å²) in [6, 6.07) is 4.33. The zero-order chi connectivity index (χ0) is 14.7. The average Bonchev–Trinajstić information content (AvgIpc) is 2.45. The standard InChI is InChI=1S/C14H13ClFNO3/c1-19-12-5-8(4-11(15)14(12)20-2)13(18)9-3-10(16)7-17-6-9/h3-7,13,18H,1-2H3. The van der Waals surface area contributed by atoms with E-state index in [0.717, 1.165) is 6.20 Å². The van der Waals surface area contributed by atoms with Gasteiger partial charge in [0.1, 0.15) is 11.9 Å². The Morgan fingerprint density at radius 3 is 2.50 bits per heavy atom. The second-order valence-corrected chi connectivity index (χ2v) is 4.48. The Kier molecular flexibility index (Phi) is 4.42. The Morgan fingerprint density at radius 1 is 1.15 bits per heavy atom. The summed E-state index contributed by atoms with van der Waals surface area (Å²) in [6.07, 6.45) is 1.39. The van der Waals surface area contributed by atoms with E-state index in [9.17, 15) is 9.50 Å². The molecule has 0 aliphatic rings. The van der Waals surface area contributed by atoms with Crippen LogP contribution in [0.15, 0.2) is 30.6 Å². The molecule has 4 nitrogen and oxygen atoms in total. The van der Waals surface area contributed by atoms with Gasteiger partial charge < -0.3 is 14.6 Å². The predicted octanol–water partition coefficient (Wildman–Crippen LogP) is 2.97. The number of aliphatic hydroxyl groups excluding tert-OH is 1. The summed E-state index contributed by atoms with van der Waals surface area (Å²) >= 11 is 6.07. The minimum atomic E-state index is -1.06. The zero-order valence-corrected chi connectivity index (χ0v) is 11.7. The fourth-order valence-electron chi connectivity index (χ4n) is 1.87. The molecule has 6 heteroatoms. The molecular weight excluding hydrogens is 285 g/mol. The largest absolute Gasteiger partial charge is 0.493 e. The van der Waals surface area contributed by atoms with E-state index in [-0.39, 0.29) is 0 Å². The van der Waals surface area contributed by atoms with E-state index in [2.05, 4.69) is 4.98 Å². The van der Waals surface area contributed by atoms with Crippen LogP contribution in [0.5, 0.6) is 11.5 Å². The number of benzene rings is 1. The molecule has 1 aromatic carbocycles. The number of ether oxygens (including phenoxy) is 2. The molecular formula is C14H13ClFNO3. The van der Waals surface area contributed by atoms with Gasteiger partial charge in [-0.2, -0.15) is 0 Å². The first-order valence-corrected chi connectivity index (χ1v) is 6.14. The molecule has 20 heavy (non-hydrogen) atoms. The number of hydrogen-bond acceptors (Lipinski definition) is 4. The number of aromatic nitrogens is 1. The number of nitrogens with zero attached hydrogens (tertiary/aromatic N) is 1. The molecule has 106 valence electrons. The number of halogens is 2. The van der Waals surface area contributed by atoms with E-state index in [4.69, 9.17) is 21.1 Å². The van der Waals surface area contributed by atoms with Crippen LogP contribution in [-0.2, 0) is 0 Å². The minimum absolute atomic E-state index is 0.297. The lowest BCUT2D eigenvalue weighted by atomic mass is 10.0. The van der Waals surface area contributed by atoms with Crippen LogP contribution in [0.1, 0.15) is 17.2 Å². The topological polar surface area (TPSA) is 51.6 Å². The van der Waals surface area contributed by atoms with Gasteiger partial charge in [-0.05, 0) is 23.8 Å². The fourth-order valence-corrected chi connectivity index (χ4v) is 2.16. The van der Waals surface area contributed by atoms with Gasteiger partial charge >= 0.3 is 0 Å². The van der Waals surface area contributed by atoms with E-state index < -0.39 is 11.9 Å². The average molecular weight is 298 g/mol. The van der Waals surface area contributed by atoms with Crippen LogP contribution in [0.4, 0.5) is 4.39 Å². The van der Waals surface area contributed by atoms with Gasteiger partial charge in [0.2, 0.25) is 0 Å². The van der Waals surface area contributed by atoms with Crippen LogP contribution in [0, 0.1) is 5.82 Å². The van der Waals surface area contributed by atoms with Crippen LogP contribution in [-0.4, -0.2) is 24.3 Å². The van der Waals surface area contributed by atoms with Crippen molar-refractivity contribution in [1.82, 2.24) is 4.98 Å². The molecule has 2 rings (SSSR count). The van der Waals surface area contributed by atoms with Crippen molar-refractivity contribution in [2.24, 2.45) is 0 Å². The first-order chi connectivity index (χ1) is 9.56. The van der Waals surface area contributed by atoms with E-state index in [1.807, 2.05) is 0 Å². The summed E-state index contributed by atoms with van der Waals surface area (Å²) < 4.78 is 23.4. The minimum Gasteiger partial charge on any atom is -0.493 e. The molecule has 0 saturated heterocycles. The molecule has 2 aromatic rings. The molecule has 0 amide bonds. The molecule has 1 aromatic heterocycles. The van der Waals surface area contributed by atoms with Crippen molar-refractivity contribution in [2.75, 3.05) is 14.2 Å². The van der Waals surface area contributed by atoms with Crippen LogP contribution < -0.4 is 9.47 Å². The second-order valence-electron chi connectivity index (χ2n) is 4.08. The summed E-state index contributed by atoms with van der Waals surface area (Å²) in [5.74, 6) is 0.244. The maximum atomic E-state index is 13.1. The van der Waals surface area contributed by atoms with Gasteiger partial charge in [-0.1, -0.05) is 11.6 Å². The van der Waals surface area contributed by atoms with Crippen molar-refractivity contribution in [2.45, 2.75) is 6.10 Å². The van der Waals surface area contributed by atoms with Crippen LogP contribution >= 0.6 is 11.6 Å². The summed E-state index contributed by atoms with van der Waals surface area (Å²) in [5, 5.41) is 10.6. The van der Waals surface area contributed by atoms with Gasteiger partial charge in [0.05, 0.1) is 25.4 Å². The lowest BCUT2D eigenvalue weighted by Crippen LogP contribution is -2.02. The van der Waals surface area contributed by atoms with E-state index in [1.165, 1.54) is 26.5 Å².